The van der Waals surface area contributed by atoms with E-state index in [0.717, 1.165) is 48.1 Å². The molecule has 3 aliphatic rings. The number of anilines is 3. The van der Waals surface area contributed by atoms with Gasteiger partial charge in [-0.25, -0.2) is 9.78 Å². The number of rotatable bonds is 7. The first kappa shape index (κ1) is 23.7. The molecule has 6 heterocycles. The summed E-state index contributed by atoms with van der Waals surface area (Å²) in [6.07, 6.45) is 7.47. The SMILES string of the molecule is Cc1cc(Nc2cc3ncccc3c(NC3C[C@H]4CCC[C@@H](C3)N4CC(=O)N[C@@H]3CCOC3=O)n2)n[nH]1. The van der Waals surface area contributed by atoms with E-state index in [0.29, 0.717) is 43.3 Å². The summed E-state index contributed by atoms with van der Waals surface area (Å²) in [5.74, 6) is 1.76. The molecule has 194 valence electrons. The number of ether oxygens (including phenoxy) is 1. The van der Waals surface area contributed by atoms with Crippen LogP contribution in [0.3, 0.4) is 0 Å². The number of carbonyl (C=O) groups is 2. The Morgan fingerprint density at radius 3 is 2.76 bits per heavy atom. The van der Waals surface area contributed by atoms with Crippen LogP contribution in [0.25, 0.3) is 10.9 Å². The number of nitrogens with zero attached hydrogens (tertiary/aromatic N) is 4. The molecule has 1 amide bonds. The number of pyridine rings is 2. The minimum absolute atomic E-state index is 0.0988. The van der Waals surface area contributed by atoms with Crippen LogP contribution >= 0.6 is 0 Å². The fraction of sp³-hybridized carbons (Fsp3) is 0.500. The molecule has 3 fully saturated rings. The Labute approximate surface area is 214 Å². The summed E-state index contributed by atoms with van der Waals surface area (Å²) in [6, 6.07) is 8.17. The average molecular weight is 505 g/mol. The number of piperidine rings is 2. The Morgan fingerprint density at radius 2 is 2.03 bits per heavy atom. The summed E-state index contributed by atoms with van der Waals surface area (Å²) in [5, 5.41) is 18.0. The zero-order valence-corrected chi connectivity index (χ0v) is 20.9. The first-order valence-electron chi connectivity index (χ1n) is 13.0. The highest BCUT2D eigenvalue weighted by atomic mass is 16.5. The molecule has 3 aliphatic heterocycles. The highest BCUT2D eigenvalue weighted by Gasteiger charge is 2.40. The standard InChI is InChI=1S/C26H32N8O3/c1-15-10-23(33-32-15)30-22-13-21-19(6-3-8-27-21)25(31-22)28-16-11-17-4-2-5-18(12-16)34(17)14-24(35)29-20-7-9-37-26(20)36/h3,6,8,10,13,16-18,20H,2,4-5,7,9,11-12,14H2,1H3,(H,29,35)(H3,28,30,31,32,33)/t16?,17-,18+,20-/m1/s1. The van der Waals surface area contributed by atoms with Gasteiger partial charge in [-0.15, -0.1) is 0 Å². The number of amides is 1. The lowest BCUT2D eigenvalue weighted by atomic mass is 9.81. The molecule has 0 spiro atoms. The molecule has 37 heavy (non-hydrogen) atoms. The number of H-pyrrole nitrogens is 1. The maximum Gasteiger partial charge on any atom is 0.328 e. The number of fused-ring (bicyclic) bond motifs is 3. The van der Waals surface area contributed by atoms with E-state index in [-0.39, 0.29) is 17.9 Å². The van der Waals surface area contributed by atoms with Crippen LogP contribution in [-0.2, 0) is 14.3 Å². The number of hydrogen-bond donors (Lipinski definition) is 4. The Kier molecular flexibility index (Phi) is 6.37. The molecular weight excluding hydrogens is 472 g/mol. The minimum atomic E-state index is -0.509. The van der Waals surface area contributed by atoms with Crippen LogP contribution in [0, 0.1) is 6.92 Å². The predicted octanol–water partition coefficient (Wildman–Crippen LogP) is 2.63. The van der Waals surface area contributed by atoms with E-state index < -0.39 is 6.04 Å². The smallest absolute Gasteiger partial charge is 0.328 e. The first-order chi connectivity index (χ1) is 18.0. The Morgan fingerprint density at radius 1 is 1.19 bits per heavy atom. The van der Waals surface area contributed by atoms with Gasteiger partial charge in [0.25, 0.3) is 0 Å². The van der Waals surface area contributed by atoms with E-state index >= 15 is 0 Å². The molecule has 0 saturated carbocycles. The monoisotopic (exact) mass is 504 g/mol. The van der Waals surface area contributed by atoms with Gasteiger partial charge in [0.05, 0.1) is 18.7 Å². The molecule has 1 unspecified atom stereocenters. The summed E-state index contributed by atoms with van der Waals surface area (Å²) >= 11 is 0. The van der Waals surface area contributed by atoms with E-state index in [9.17, 15) is 9.59 Å². The number of nitrogens with one attached hydrogen (secondary N) is 4. The number of cyclic esters (lactones) is 1. The third-order valence-corrected chi connectivity index (χ3v) is 7.62. The molecule has 3 aromatic rings. The first-order valence-corrected chi connectivity index (χ1v) is 13.0. The largest absolute Gasteiger partial charge is 0.464 e. The van der Waals surface area contributed by atoms with Gasteiger partial charge < -0.3 is 20.7 Å². The molecule has 0 aliphatic carbocycles. The van der Waals surface area contributed by atoms with Gasteiger partial charge in [0.15, 0.2) is 5.82 Å². The fourth-order valence-corrected chi connectivity index (χ4v) is 5.94. The number of esters is 1. The third-order valence-electron chi connectivity index (χ3n) is 7.62. The maximum atomic E-state index is 12.7. The number of aromatic nitrogens is 4. The van der Waals surface area contributed by atoms with Crippen molar-refractivity contribution in [2.75, 3.05) is 23.8 Å². The molecule has 3 saturated heterocycles. The minimum Gasteiger partial charge on any atom is -0.464 e. The lowest BCUT2D eigenvalue weighted by Gasteiger charge is -2.48. The van der Waals surface area contributed by atoms with Crippen LogP contribution in [0.4, 0.5) is 17.5 Å². The van der Waals surface area contributed by atoms with E-state index in [1.165, 1.54) is 6.42 Å². The van der Waals surface area contributed by atoms with Crippen molar-refractivity contribution < 1.29 is 14.3 Å². The van der Waals surface area contributed by atoms with Crippen LogP contribution in [0.15, 0.2) is 30.5 Å². The van der Waals surface area contributed by atoms with E-state index in [1.54, 1.807) is 6.20 Å². The second-order valence-corrected chi connectivity index (χ2v) is 10.3. The zero-order chi connectivity index (χ0) is 25.4. The molecule has 0 radical (unpaired) electrons. The van der Waals surface area contributed by atoms with Gasteiger partial charge in [0.1, 0.15) is 17.7 Å². The lowest BCUT2D eigenvalue weighted by Crippen LogP contribution is -2.58. The van der Waals surface area contributed by atoms with Gasteiger partial charge in [0, 0.05) is 54.0 Å². The molecule has 11 nitrogen and oxygen atoms in total. The van der Waals surface area contributed by atoms with Crippen LogP contribution in [0.2, 0.25) is 0 Å². The molecule has 6 rings (SSSR count). The van der Waals surface area contributed by atoms with Crippen molar-refractivity contribution in [3.8, 4) is 0 Å². The van der Waals surface area contributed by atoms with Gasteiger partial charge in [-0.05, 0) is 44.7 Å². The van der Waals surface area contributed by atoms with Gasteiger partial charge in [-0.2, -0.15) is 5.10 Å². The predicted molar refractivity (Wildman–Crippen MR) is 138 cm³/mol. The van der Waals surface area contributed by atoms with Crippen LogP contribution < -0.4 is 16.0 Å². The number of aryl methyl sites for hydroxylation is 1. The molecule has 4 atom stereocenters. The maximum absolute atomic E-state index is 12.7. The van der Waals surface area contributed by atoms with Crippen LogP contribution in [0.1, 0.15) is 44.2 Å². The van der Waals surface area contributed by atoms with E-state index in [1.807, 2.05) is 31.2 Å². The van der Waals surface area contributed by atoms with E-state index in [4.69, 9.17) is 9.72 Å². The van der Waals surface area contributed by atoms with Crippen molar-refractivity contribution in [1.82, 2.24) is 30.4 Å². The van der Waals surface area contributed by atoms with Crippen molar-refractivity contribution in [3.05, 3.63) is 36.2 Å². The van der Waals surface area contributed by atoms with Gasteiger partial charge in [0.2, 0.25) is 5.91 Å². The molecule has 2 bridgehead atoms. The molecular formula is C26H32N8O3. The van der Waals surface area contributed by atoms with Gasteiger partial charge in [-0.3, -0.25) is 19.8 Å². The molecule has 3 aromatic heterocycles. The summed E-state index contributed by atoms with van der Waals surface area (Å²) in [6.45, 7) is 2.65. The van der Waals surface area contributed by atoms with Crippen molar-refractivity contribution in [3.63, 3.8) is 0 Å². The van der Waals surface area contributed by atoms with Crippen molar-refractivity contribution in [2.45, 2.75) is 69.6 Å². The molecule has 0 aromatic carbocycles. The summed E-state index contributed by atoms with van der Waals surface area (Å²) < 4.78 is 4.98. The summed E-state index contributed by atoms with van der Waals surface area (Å²) in [7, 11) is 0. The second kappa shape index (κ2) is 9.97. The highest BCUT2D eigenvalue weighted by Crippen LogP contribution is 2.36. The Balaban J connectivity index is 1.16. The van der Waals surface area contributed by atoms with Gasteiger partial charge in [-0.1, -0.05) is 6.42 Å². The number of hydrogen-bond acceptors (Lipinski definition) is 9. The summed E-state index contributed by atoms with van der Waals surface area (Å²) in [4.78, 5) is 36.3. The number of aromatic amines is 1. The topological polar surface area (TPSA) is 137 Å². The zero-order valence-electron chi connectivity index (χ0n) is 20.9. The molecule has 4 N–H and O–H groups in total. The third kappa shape index (κ3) is 5.08. The van der Waals surface area contributed by atoms with Crippen molar-refractivity contribution >= 4 is 40.2 Å². The normalized spacial score (nSPS) is 25.6. The lowest BCUT2D eigenvalue weighted by molar-refractivity contribution is -0.141. The highest BCUT2D eigenvalue weighted by molar-refractivity contribution is 5.91. The Bertz CT molecular complexity index is 1300. The summed E-state index contributed by atoms with van der Waals surface area (Å²) in [5.41, 5.74) is 1.82. The van der Waals surface area contributed by atoms with Gasteiger partial charge >= 0.3 is 5.97 Å². The van der Waals surface area contributed by atoms with Crippen molar-refractivity contribution in [2.24, 2.45) is 0 Å². The fourth-order valence-electron chi connectivity index (χ4n) is 5.94. The number of carbonyl (C=O) groups excluding carboxylic acids is 2. The van der Waals surface area contributed by atoms with Crippen LogP contribution in [-0.4, -0.2) is 74.3 Å². The Hall–Kier alpha value is -3.73. The second-order valence-electron chi connectivity index (χ2n) is 10.3. The molecule has 11 heteroatoms. The van der Waals surface area contributed by atoms with Crippen molar-refractivity contribution in [1.29, 1.82) is 0 Å². The quantitative estimate of drug-likeness (QED) is 0.358. The van der Waals surface area contributed by atoms with E-state index in [2.05, 4.69) is 36.0 Å². The van der Waals surface area contributed by atoms with Crippen LogP contribution in [0.5, 0.6) is 0 Å². The average Bonchev–Trinajstić information content (AvgIpc) is 3.46.